The van der Waals surface area contributed by atoms with Gasteiger partial charge in [0.15, 0.2) is 0 Å². The minimum Gasteiger partial charge on any atom is -0.354 e. The van der Waals surface area contributed by atoms with Gasteiger partial charge in [0.25, 0.3) is 5.91 Å². The predicted molar refractivity (Wildman–Crippen MR) is 153 cm³/mol. The van der Waals surface area contributed by atoms with Crippen LogP contribution in [0.2, 0.25) is 0 Å². The van der Waals surface area contributed by atoms with Crippen LogP contribution in [-0.4, -0.2) is 36.0 Å². The highest BCUT2D eigenvalue weighted by Crippen LogP contribution is 2.42. The van der Waals surface area contributed by atoms with Gasteiger partial charge in [0.1, 0.15) is 0 Å². The summed E-state index contributed by atoms with van der Waals surface area (Å²) in [4.78, 5) is 22.2. The number of anilines is 2. The number of aromatic nitrogens is 2. The van der Waals surface area contributed by atoms with Crippen LogP contribution in [0.1, 0.15) is 45.8 Å². The average molecular weight is 557 g/mol. The molecule has 1 unspecified atom stereocenters. The average Bonchev–Trinajstić information content (AvgIpc) is 2.93. The lowest BCUT2D eigenvalue weighted by atomic mass is 9.78. The summed E-state index contributed by atoms with van der Waals surface area (Å²) < 4.78 is 0.774. The van der Waals surface area contributed by atoms with Crippen molar-refractivity contribution in [2.75, 3.05) is 30.8 Å². The van der Waals surface area contributed by atoms with Gasteiger partial charge in [-0.15, -0.1) is 0 Å². The number of halogens is 1. The molecule has 1 aliphatic carbocycles. The standard InChI is InChI=1S/C30H30BrN5O/c1-32-16-6-7-17-33-30-34-19-21-18-26(23-8-2-3-9-24(23)28(21)36-30)20-12-14-22(15-13-20)35-29(37)25-10-4-5-11-27(25)31/h2-5,8-15,19,26,32H,6-7,16-18H2,1H3,(H,35,37)(H,33,34,36). The van der Waals surface area contributed by atoms with Gasteiger partial charge in [-0.05, 0) is 89.7 Å². The third-order valence-corrected chi connectivity index (χ3v) is 7.40. The number of carbonyl (C=O) groups excluding carboxylic acids is 1. The van der Waals surface area contributed by atoms with Crippen molar-refractivity contribution in [2.45, 2.75) is 25.2 Å². The van der Waals surface area contributed by atoms with Gasteiger partial charge in [-0.1, -0.05) is 48.5 Å². The topological polar surface area (TPSA) is 78.9 Å². The molecule has 5 rings (SSSR count). The summed E-state index contributed by atoms with van der Waals surface area (Å²) in [5.74, 6) is 0.739. The first-order valence-electron chi connectivity index (χ1n) is 12.6. The van der Waals surface area contributed by atoms with E-state index >= 15 is 0 Å². The van der Waals surface area contributed by atoms with E-state index in [9.17, 15) is 4.79 Å². The third kappa shape index (κ3) is 5.73. The number of amides is 1. The Balaban J connectivity index is 1.33. The largest absolute Gasteiger partial charge is 0.354 e. The smallest absolute Gasteiger partial charge is 0.256 e. The molecule has 3 aromatic carbocycles. The number of unbranched alkanes of at least 4 members (excludes halogenated alkanes) is 1. The van der Waals surface area contributed by atoms with Gasteiger partial charge in [0, 0.05) is 34.4 Å². The first-order valence-corrected chi connectivity index (χ1v) is 13.4. The quantitative estimate of drug-likeness (QED) is 0.212. The lowest BCUT2D eigenvalue weighted by Gasteiger charge is -2.27. The molecule has 0 radical (unpaired) electrons. The van der Waals surface area contributed by atoms with Gasteiger partial charge in [-0.2, -0.15) is 0 Å². The molecule has 1 aromatic heterocycles. The highest BCUT2D eigenvalue weighted by molar-refractivity contribution is 9.10. The highest BCUT2D eigenvalue weighted by atomic mass is 79.9. The van der Waals surface area contributed by atoms with E-state index in [2.05, 4.69) is 73.3 Å². The Morgan fingerprint density at radius 2 is 1.73 bits per heavy atom. The zero-order valence-corrected chi connectivity index (χ0v) is 22.4. The van der Waals surface area contributed by atoms with E-state index in [-0.39, 0.29) is 11.8 Å². The second-order valence-corrected chi connectivity index (χ2v) is 10.1. The summed E-state index contributed by atoms with van der Waals surface area (Å²) in [5.41, 5.74) is 7.15. The number of hydrogen-bond donors (Lipinski definition) is 3. The first kappa shape index (κ1) is 25.1. The van der Waals surface area contributed by atoms with Crippen molar-refractivity contribution in [3.05, 3.63) is 106 Å². The summed E-state index contributed by atoms with van der Waals surface area (Å²) in [6.45, 7) is 1.87. The van der Waals surface area contributed by atoms with Crippen LogP contribution in [0.15, 0.2) is 83.5 Å². The van der Waals surface area contributed by atoms with Gasteiger partial charge in [0.05, 0.1) is 11.3 Å². The predicted octanol–water partition coefficient (Wildman–Crippen LogP) is 6.26. The van der Waals surface area contributed by atoms with Gasteiger partial charge < -0.3 is 16.0 Å². The molecular formula is C30H30BrN5O. The maximum atomic E-state index is 12.7. The van der Waals surface area contributed by atoms with Crippen LogP contribution in [0.3, 0.4) is 0 Å². The van der Waals surface area contributed by atoms with Crippen LogP contribution in [-0.2, 0) is 6.42 Å². The summed E-state index contributed by atoms with van der Waals surface area (Å²) in [6.07, 6.45) is 4.98. The zero-order chi connectivity index (χ0) is 25.6. The summed E-state index contributed by atoms with van der Waals surface area (Å²) in [5, 5.41) is 9.55. The highest BCUT2D eigenvalue weighted by Gasteiger charge is 2.27. The summed E-state index contributed by atoms with van der Waals surface area (Å²) in [6, 6.07) is 24.1. The van der Waals surface area contributed by atoms with E-state index in [1.54, 1.807) is 6.07 Å². The number of rotatable bonds is 9. The van der Waals surface area contributed by atoms with Crippen LogP contribution in [0.4, 0.5) is 11.6 Å². The maximum Gasteiger partial charge on any atom is 0.256 e. The van der Waals surface area contributed by atoms with Gasteiger partial charge in [-0.25, -0.2) is 9.97 Å². The lowest BCUT2D eigenvalue weighted by molar-refractivity contribution is 0.102. The van der Waals surface area contributed by atoms with Crippen molar-refractivity contribution in [1.82, 2.24) is 15.3 Å². The normalized spacial score (nSPS) is 13.9. The molecule has 1 amide bonds. The maximum absolute atomic E-state index is 12.7. The van der Waals surface area contributed by atoms with Crippen LogP contribution in [0.5, 0.6) is 0 Å². The third-order valence-electron chi connectivity index (χ3n) is 6.71. The summed E-state index contributed by atoms with van der Waals surface area (Å²) in [7, 11) is 1.97. The Labute approximate surface area is 226 Å². The van der Waals surface area contributed by atoms with Gasteiger partial charge >= 0.3 is 0 Å². The van der Waals surface area contributed by atoms with E-state index in [1.165, 1.54) is 11.1 Å². The number of nitrogens with one attached hydrogen (secondary N) is 3. The molecule has 0 saturated heterocycles. The van der Waals surface area contributed by atoms with E-state index in [0.717, 1.165) is 59.3 Å². The van der Waals surface area contributed by atoms with Crippen molar-refractivity contribution in [3.8, 4) is 11.3 Å². The van der Waals surface area contributed by atoms with Gasteiger partial charge in [-0.3, -0.25) is 4.79 Å². The molecule has 7 heteroatoms. The number of fused-ring (bicyclic) bond motifs is 3. The van der Waals surface area contributed by atoms with Crippen LogP contribution in [0.25, 0.3) is 11.3 Å². The Morgan fingerprint density at radius 1 is 0.973 bits per heavy atom. The monoisotopic (exact) mass is 555 g/mol. The minimum absolute atomic E-state index is 0.138. The van der Waals surface area contributed by atoms with E-state index in [1.807, 2.05) is 43.6 Å². The number of hydrogen-bond acceptors (Lipinski definition) is 5. The molecule has 6 nitrogen and oxygen atoms in total. The summed E-state index contributed by atoms with van der Waals surface area (Å²) >= 11 is 3.45. The Bertz CT molecular complexity index is 1390. The second-order valence-electron chi connectivity index (χ2n) is 9.20. The van der Waals surface area contributed by atoms with Crippen molar-refractivity contribution < 1.29 is 4.79 Å². The van der Waals surface area contributed by atoms with Crippen LogP contribution >= 0.6 is 15.9 Å². The molecule has 3 N–H and O–H groups in total. The van der Waals surface area contributed by atoms with E-state index in [0.29, 0.717) is 11.5 Å². The number of nitrogens with zero attached hydrogens (tertiary/aromatic N) is 2. The van der Waals surface area contributed by atoms with Crippen LogP contribution in [0, 0.1) is 0 Å². The molecule has 4 aromatic rings. The van der Waals surface area contributed by atoms with Crippen molar-refractivity contribution in [1.29, 1.82) is 0 Å². The Kier molecular flexibility index (Phi) is 7.92. The fraction of sp³-hybridized carbons (Fsp3) is 0.233. The minimum atomic E-state index is -0.138. The van der Waals surface area contributed by atoms with Crippen LogP contribution < -0.4 is 16.0 Å². The molecule has 1 atom stereocenters. The molecule has 0 fully saturated rings. The SMILES string of the molecule is CNCCCCNc1ncc2c(n1)-c1ccccc1C(c1ccc(NC(=O)c3ccccc3Br)cc1)C2. The molecular weight excluding hydrogens is 526 g/mol. The molecule has 37 heavy (non-hydrogen) atoms. The first-order chi connectivity index (χ1) is 18.1. The van der Waals surface area contributed by atoms with E-state index < -0.39 is 0 Å². The molecule has 188 valence electrons. The van der Waals surface area contributed by atoms with Crippen molar-refractivity contribution >= 4 is 33.5 Å². The molecule has 0 spiro atoms. The second kappa shape index (κ2) is 11.7. The fourth-order valence-electron chi connectivity index (χ4n) is 4.79. The fourth-order valence-corrected chi connectivity index (χ4v) is 5.25. The van der Waals surface area contributed by atoms with Crippen molar-refractivity contribution in [3.63, 3.8) is 0 Å². The molecule has 0 aliphatic heterocycles. The Morgan fingerprint density at radius 3 is 2.54 bits per heavy atom. The Hall–Kier alpha value is -3.55. The number of carbonyl (C=O) groups is 1. The lowest BCUT2D eigenvalue weighted by Crippen LogP contribution is -2.16. The number of benzene rings is 3. The zero-order valence-electron chi connectivity index (χ0n) is 20.8. The molecule has 0 bridgehead atoms. The molecule has 1 heterocycles. The molecule has 0 saturated carbocycles. The van der Waals surface area contributed by atoms with Gasteiger partial charge in [0.2, 0.25) is 5.95 Å². The van der Waals surface area contributed by atoms with Crippen molar-refractivity contribution in [2.24, 2.45) is 0 Å². The molecule has 1 aliphatic rings. The van der Waals surface area contributed by atoms with E-state index in [4.69, 9.17) is 4.98 Å².